The standard InChI is InChI=1S/C52H62N12O6/c1-30-29-59(33-13-16-58(17-14-33)34-7-9-37-38(23-34)50(69)64(49(37)68)41-10-12-45(65)57-48(41)67)18-19-60(30)35-8-11-44(54-27-35)56-39-24-36(28-55-46(39)47(53)66)61-15-5-6-40(31(61)2)63-21-20-62-42(51(63)70)22-32-25-52(3,4)26-43(32)62/h7-9,11,22-24,27-28,30-31,33,40-41H,5-6,10,12-21,25-26,29H2,1-4H3,(H2,53,66)(H,54,56)(H,57,65,67)/t30-,31-,40+,41?/m0/s1. The average molecular weight is 951 g/mol. The minimum absolute atomic E-state index is 0.0206. The van der Waals surface area contributed by atoms with Gasteiger partial charge in [0.25, 0.3) is 23.6 Å². The van der Waals surface area contributed by atoms with Crippen LogP contribution in [0.5, 0.6) is 0 Å². The van der Waals surface area contributed by atoms with Gasteiger partial charge in [-0.2, -0.15) is 0 Å². The molecule has 18 nitrogen and oxygen atoms in total. The van der Waals surface area contributed by atoms with E-state index in [2.05, 4.69) is 84.5 Å². The Labute approximate surface area is 407 Å². The van der Waals surface area contributed by atoms with E-state index < -0.39 is 35.6 Å². The van der Waals surface area contributed by atoms with Crippen molar-refractivity contribution in [3.8, 4) is 0 Å². The number of imide groups is 2. The Morgan fingerprint density at radius 2 is 1.51 bits per heavy atom. The first-order valence-corrected chi connectivity index (χ1v) is 25.1. The molecule has 9 heterocycles. The number of fused-ring (bicyclic) bond motifs is 4. The number of nitrogens with two attached hydrogens (primary N) is 1. The molecule has 4 atom stereocenters. The van der Waals surface area contributed by atoms with Crippen molar-refractivity contribution in [3.63, 3.8) is 0 Å². The fourth-order valence-electron chi connectivity index (χ4n) is 12.7. The first-order valence-electron chi connectivity index (χ1n) is 25.1. The first kappa shape index (κ1) is 45.6. The number of hydrogen-bond donors (Lipinski definition) is 3. The molecule has 4 fully saturated rings. The van der Waals surface area contributed by atoms with Gasteiger partial charge >= 0.3 is 0 Å². The number of piperazine rings is 1. The van der Waals surface area contributed by atoms with Gasteiger partial charge in [-0.05, 0) is 112 Å². The number of carbonyl (C=O) groups is 6. The normalized spacial score (nSPS) is 25.0. The maximum atomic E-state index is 14.1. The van der Waals surface area contributed by atoms with E-state index in [4.69, 9.17) is 10.7 Å². The molecule has 4 saturated heterocycles. The molecule has 6 amide bonds. The van der Waals surface area contributed by atoms with Crippen LogP contribution in [0.25, 0.3) is 0 Å². The summed E-state index contributed by atoms with van der Waals surface area (Å²) in [6.07, 6.45) is 9.54. The van der Waals surface area contributed by atoms with E-state index in [1.165, 1.54) is 11.3 Å². The molecule has 4 aromatic rings. The summed E-state index contributed by atoms with van der Waals surface area (Å²) in [6.45, 7) is 15.6. The lowest BCUT2D eigenvalue weighted by Crippen LogP contribution is -2.58. The number of benzene rings is 1. The summed E-state index contributed by atoms with van der Waals surface area (Å²) in [4.78, 5) is 99.7. The predicted octanol–water partition coefficient (Wildman–Crippen LogP) is 4.34. The Morgan fingerprint density at radius 1 is 0.757 bits per heavy atom. The maximum Gasteiger partial charge on any atom is 0.270 e. The molecule has 18 heteroatoms. The first-order chi connectivity index (χ1) is 33.6. The van der Waals surface area contributed by atoms with Crippen LogP contribution >= 0.6 is 0 Å². The number of aromatic nitrogens is 3. The maximum absolute atomic E-state index is 14.1. The highest BCUT2D eigenvalue weighted by molar-refractivity contribution is 6.23. The van der Waals surface area contributed by atoms with Gasteiger partial charge in [-0.15, -0.1) is 0 Å². The SMILES string of the molecule is C[C@H]1CN(C2CCN(c3ccc4c(c3)C(=O)N(C3CCC(=O)NC3=O)C4=O)CC2)CCN1c1ccc(Nc2cc(N3CCC[C@@H](N4CCn5c(cc6c5CC(C)(C)C6)C4=O)[C@@H]3C)cnc2C(N)=O)nc1. The smallest absolute Gasteiger partial charge is 0.270 e. The molecular weight excluding hydrogens is 889 g/mol. The molecule has 1 unspecified atom stereocenters. The summed E-state index contributed by atoms with van der Waals surface area (Å²) < 4.78 is 2.27. The molecule has 11 rings (SSSR count). The van der Waals surface area contributed by atoms with Gasteiger partial charge in [0.2, 0.25) is 11.8 Å². The Hall–Kier alpha value is -6.82. The van der Waals surface area contributed by atoms with Crippen molar-refractivity contribution in [1.82, 2.24) is 34.6 Å². The van der Waals surface area contributed by atoms with Crippen LogP contribution in [-0.2, 0) is 29.0 Å². The third kappa shape index (κ3) is 8.02. The molecule has 4 N–H and O–H groups in total. The third-order valence-electron chi connectivity index (χ3n) is 16.2. The van der Waals surface area contributed by atoms with Crippen LogP contribution in [0.1, 0.15) is 119 Å². The van der Waals surface area contributed by atoms with Gasteiger partial charge in [0.1, 0.15) is 17.6 Å². The van der Waals surface area contributed by atoms with Crippen molar-refractivity contribution in [2.24, 2.45) is 11.1 Å². The number of primary amides is 1. The molecule has 1 aliphatic carbocycles. The second kappa shape index (κ2) is 17.5. The highest BCUT2D eigenvalue weighted by Crippen LogP contribution is 2.41. The second-order valence-corrected chi connectivity index (χ2v) is 21.2. The lowest BCUT2D eigenvalue weighted by atomic mass is 9.90. The third-order valence-corrected chi connectivity index (χ3v) is 16.2. The largest absolute Gasteiger partial charge is 0.371 e. The minimum atomic E-state index is -0.988. The molecule has 0 spiro atoms. The zero-order valence-corrected chi connectivity index (χ0v) is 40.4. The lowest BCUT2D eigenvalue weighted by Gasteiger charge is -2.47. The average Bonchev–Trinajstić information content (AvgIpc) is 3.93. The van der Waals surface area contributed by atoms with Gasteiger partial charge in [-0.25, -0.2) is 9.97 Å². The van der Waals surface area contributed by atoms with E-state index in [0.717, 1.165) is 112 Å². The molecule has 7 aliphatic rings. The Balaban J connectivity index is 0.699. The van der Waals surface area contributed by atoms with E-state index in [1.54, 1.807) is 18.3 Å². The Bertz CT molecular complexity index is 2820. The number of anilines is 5. The van der Waals surface area contributed by atoms with Crippen LogP contribution < -0.4 is 31.1 Å². The zero-order chi connectivity index (χ0) is 48.7. The summed E-state index contributed by atoms with van der Waals surface area (Å²) in [6, 6.07) is 13.1. The monoisotopic (exact) mass is 950 g/mol. The predicted molar refractivity (Wildman–Crippen MR) is 263 cm³/mol. The van der Waals surface area contributed by atoms with Gasteiger partial charge in [-0.1, -0.05) is 13.8 Å². The fraction of sp³-hybridized carbons (Fsp3) is 0.500. The second-order valence-electron chi connectivity index (χ2n) is 21.2. The van der Waals surface area contributed by atoms with E-state index in [0.29, 0.717) is 29.7 Å². The Kier molecular flexibility index (Phi) is 11.4. The summed E-state index contributed by atoms with van der Waals surface area (Å²) in [5, 5.41) is 5.60. The van der Waals surface area contributed by atoms with Gasteiger partial charge in [0.05, 0.1) is 46.6 Å². The van der Waals surface area contributed by atoms with Crippen LogP contribution in [0, 0.1) is 5.41 Å². The molecule has 1 aromatic carbocycles. The topological polar surface area (TPSA) is 203 Å². The van der Waals surface area contributed by atoms with Crippen molar-refractivity contribution < 1.29 is 28.8 Å². The molecule has 366 valence electrons. The van der Waals surface area contributed by atoms with Crippen molar-refractivity contribution in [2.75, 3.05) is 65.8 Å². The number of carbonyl (C=O) groups excluding carboxylic acids is 6. The van der Waals surface area contributed by atoms with Crippen LogP contribution in [0.3, 0.4) is 0 Å². The summed E-state index contributed by atoms with van der Waals surface area (Å²) in [5.74, 6) is -1.96. The van der Waals surface area contributed by atoms with E-state index >= 15 is 0 Å². The molecule has 70 heavy (non-hydrogen) atoms. The van der Waals surface area contributed by atoms with Crippen LogP contribution in [-0.4, -0.2) is 141 Å². The number of nitrogens with one attached hydrogen (secondary N) is 2. The van der Waals surface area contributed by atoms with Gasteiger partial charge in [-0.3, -0.25) is 43.9 Å². The van der Waals surface area contributed by atoms with Gasteiger partial charge < -0.3 is 35.2 Å². The summed E-state index contributed by atoms with van der Waals surface area (Å²) in [7, 11) is 0. The van der Waals surface area contributed by atoms with Gasteiger partial charge in [0, 0.05) is 88.3 Å². The number of nitrogens with zero attached hydrogens (tertiary/aromatic N) is 9. The quantitative estimate of drug-likeness (QED) is 0.200. The Morgan fingerprint density at radius 3 is 2.26 bits per heavy atom. The fourth-order valence-corrected chi connectivity index (χ4v) is 12.7. The lowest BCUT2D eigenvalue weighted by molar-refractivity contribution is -0.136. The summed E-state index contributed by atoms with van der Waals surface area (Å²) >= 11 is 0. The zero-order valence-electron chi connectivity index (χ0n) is 40.4. The van der Waals surface area contributed by atoms with Crippen molar-refractivity contribution in [2.45, 2.75) is 116 Å². The number of pyridine rings is 2. The number of amides is 6. The highest BCUT2D eigenvalue weighted by atomic mass is 16.2. The van der Waals surface area contributed by atoms with Gasteiger partial charge in [0.15, 0.2) is 5.69 Å². The van der Waals surface area contributed by atoms with Crippen molar-refractivity contribution in [3.05, 3.63) is 88.6 Å². The number of hydrogen-bond acceptors (Lipinski definition) is 13. The molecule has 3 aromatic heterocycles. The number of rotatable bonds is 9. The molecule has 6 aliphatic heterocycles. The van der Waals surface area contributed by atoms with Crippen LogP contribution in [0.4, 0.5) is 28.6 Å². The molecule has 0 bridgehead atoms. The van der Waals surface area contributed by atoms with Crippen molar-refractivity contribution in [1.29, 1.82) is 0 Å². The molecular formula is C52H62N12O6. The summed E-state index contributed by atoms with van der Waals surface area (Å²) in [5.41, 5.74) is 13.5. The highest BCUT2D eigenvalue weighted by Gasteiger charge is 2.46. The van der Waals surface area contributed by atoms with Crippen LogP contribution in [0.15, 0.2) is 54.9 Å². The molecule has 0 radical (unpaired) electrons. The van der Waals surface area contributed by atoms with E-state index in [1.807, 2.05) is 24.4 Å². The minimum Gasteiger partial charge on any atom is -0.371 e. The van der Waals surface area contributed by atoms with E-state index in [-0.39, 0.29) is 53.5 Å². The molecule has 0 saturated carbocycles. The number of piperidine rings is 3. The van der Waals surface area contributed by atoms with Crippen LogP contribution in [0.2, 0.25) is 0 Å². The van der Waals surface area contributed by atoms with E-state index in [9.17, 15) is 28.8 Å². The van der Waals surface area contributed by atoms with Crippen molar-refractivity contribution >= 4 is 64.0 Å².